The third kappa shape index (κ3) is 6.41. The number of hydrogen-bond donors (Lipinski definition) is 2. The molecule has 0 spiro atoms. The van der Waals surface area contributed by atoms with E-state index in [0.29, 0.717) is 18.1 Å². The Morgan fingerprint density at radius 1 is 1.03 bits per heavy atom. The maximum atomic E-state index is 13.4. The molecule has 0 atom stereocenters. The van der Waals surface area contributed by atoms with Crippen molar-refractivity contribution in [2.24, 2.45) is 10.4 Å². The molecule has 9 heteroatoms. The van der Waals surface area contributed by atoms with Gasteiger partial charge in [0.05, 0.1) is 23.1 Å². The number of aliphatic imine (C=N–C) groups is 1. The van der Waals surface area contributed by atoms with Gasteiger partial charge in [-0.25, -0.2) is 15.0 Å². The molecule has 0 fully saturated rings. The molecule has 1 aliphatic heterocycles. The largest absolute Gasteiger partial charge is 0.418 e. The first-order valence-electron chi connectivity index (χ1n) is 11.9. The molecular formula is C28H29F3N6. The second-order valence-corrected chi connectivity index (χ2v) is 9.65. The number of benzene rings is 1. The topological polar surface area (TPSA) is 75.1 Å². The minimum Gasteiger partial charge on any atom is -0.358 e. The van der Waals surface area contributed by atoms with Crippen LogP contribution in [0.5, 0.6) is 0 Å². The Bertz CT molecular complexity index is 1370. The van der Waals surface area contributed by atoms with Crippen molar-refractivity contribution in [1.82, 2.24) is 15.0 Å². The SMILES string of the molecule is C=C(Cc1ccc(-c2cnc(NC3=CC(C)(C)C=N3)nc2)cc1C)Nc1cnc(CC)c(C(F)(F)F)c1. The fourth-order valence-electron chi connectivity index (χ4n) is 4.03. The van der Waals surface area contributed by atoms with Gasteiger partial charge in [0, 0.05) is 41.7 Å². The zero-order valence-electron chi connectivity index (χ0n) is 21.2. The predicted octanol–water partition coefficient (Wildman–Crippen LogP) is 6.96. The second-order valence-electron chi connectivity index (χ2n) is 9.65. The molecule has 0 saturated carbocycles. The van der Waals surface area contributed by atoms with E-state index < -0.39 is 11.7 Å². The molecule has 3 heterocycles. The average molecular weight is 507 g/mol. The molecule has 1 aliphatic rings. The number of aromatic nitrogens is 3. The van der Waals surface area contributed by atoms with Gasteiger partial charge in [0.15, 0.2) is 0 Å². The number of aryl methyl sites for hydroxylation is 2. The Kier molecular flexibility index (Phi) is 7.16. The Morgan fingerprint density at radius 3 is 2.35 bits per heavy atom. The van der Waals surface area contributed by atoms with Crippen LogP contribution in [0.2, 0.25) is 0 Å². The van der Waals surface area contributed by atoms with E-state index >= 15 is 0 Å². The lowest BCUT2D eigenvalue weighted by Gasteiger charge is -2.16. The number of anilines is 2. The van der Waals surface area contributed by atoms with Gasteiger partial charge in [-0.2, -0.15) is 13.2 Å². The van der Waals surface area contributed by atoms with Gasteiger partial charge >= 0.3 is 6.18 Å². The number of halogens is 3. The van der Waals surface area contributed by atoms with Gasteiger partial charge < -0.3 is 10.6 Å². The summed E-state index contributed by atoms with van der Waals surface area (Å²) in [5.41, 5.74) is 3.88. The van der Waals surface area contributed by atoms with Crippen molar-refractivity contribution in [3.63, 3.8) is 0 Å². The zero-order chi connectivity index (χ0) is 26.8. The van der Waals surface area contributed by atoms with E-state index in [1.165, 1.54) is 6.20 Å². The van der Waals surface area contributed by atoms with Gasteiger partial charge in [-0.05, 0) is 42.2 Å². The van der Waals surface area contributed by atoms with Crippen LogP contribution in [0.4, 0.5) is 24.8 Å². The number of pyridine rings is 1. The summed E-state index contributed by atoms with van der Waals surface area (Å²) in [5.74, 6) is 1.19. The van der Waals surface area contributed by atoms with E-state index in [0.717, 1.165) is 34.1 Å². The van der Waals surface area contributed by atoms with Crippen molar-refractivity contribution in [3.05, 3.63) is 89.4 Å². The van der Waals surface area contributed by atoms with Crippen molar-refractivity contribution < 1.29 is 13.2 Å². The fraction of sp³-hybridized carbons (Fsp3) is 0.286. The standard InChI is InChI=1S/C28H29F3N6/c1-6-24-23(28(29,30)31)11-22(15-32-24)36-18(3)10-19-7-8-20(9-17(19)2)21-13-33-26(34-14-21)37-25-12-27(4,5)16-35-25/h7-9,11-16,36H,3,6,10H2,1-2,4-5H3,(H,33,34,37). The van der Waals surface area contributed by atoms with Gasteiger partial charge in [0.2, 0.25) is 5.95 Å². The molecule has 37 heavy (non-hydrogen) atoms. The molecule has 0 unspecified atom stereocenters. The van der Waals surface area contributed by atoms with Gasteiger partial charge in [-0.15, -0.1) is 0 Å². The first kappa shape index (κ1) is 26.1. The Labute approximate surface area is 214 Å². The van der Waals surface area contributed by atoms with Crippen molar-refractivity contribution in [1.29, 1.82) is 0 Å². The van der Waals surface area contributed by atoms with E-state index in [9.17, 15) is 13.2 Å². The number of alkyl halides is 3. The molecule has 2 N–H and O–H groups in total. The van der Waals surface area contributed by atoms with Gasteiger partial charge in [-0.3, -0.25) is 4.98 Å². The number of nitrogens with one attached hydrogen (secondary N) is 2. The maximum absolute atomic E-state index is 13.4. The number of hydrogen-bond acceptors (Lipinski definition) is 6. The summed E-state index contributed by atoms with van der Waals surface area (Å²) >= 11 is 0. The van der Waals surface area contributed by atoms with Crippen LogP contribution >= 0.6 is 0 Å². The first-order chi connectivity index (χ1) is 17.4. The second kappa shape index (κ2) is 10.2. The normalized spacial score (nSPS) is 14.4. The quantitative estimate of drug-likeness (QED) is 0.345. The lowest BCUT2D eigenvalue weighted by Crippen LogP contribution is -2.12. The van der Waals surface area contributed by atoms with E-state index in [4.69, 9.17) is 0 Å². The van der Waals surface area contributed by atoms with Crippen LogP contribution in [0, 0.1) is 12.3 Å². The summed E-state index contributed by atoms with van der Waals surface area (Å²) in [6.07, 6.45) is 4.99. The van der Waals surface area contributed by atoms with Crippen molar-refractivity contribution in [3.8, 4) is 11.1 Å². The zero-order valence-corrected chi connectivity index (χ0v) is 21.2. The summed E-state index contributed by atoms with van der Waals surface area (Å²) in [6, 6.07) is 7.05. The van der Waals surface area contributed by atoms with Crippen molar-refractivity contribution >= 4 is 17.9 Å². The third-order valence-electron chi connectivity index (χ3n) is 5.95. The Hall–Kier alpha value is -4.01. The van der Waals surface area contributed by atoms with Crippen molar-refractivity contribution in [2.75, 3.05) is 10.6 Å². The molecule has 3 aromatic rings. The maximum Gasteiger partial charge on any atom is 0.418 e. The minimum atomic E-state index is -4.46. The Morgan fingerprint density at radius 2 is 1.76 bits per heavy atom. The minimum absolute atomic E-state index is 0.0240. The fourth-order valence-corrected chi connectivity index (χ4v) is 4.03. The highest BCUT2D eigenvalue weighted by Crippen LogP contribution is 2.33. The van der Waals surface area contributed by atoms with Crippen LogP contribution < -0.4 is 10.6 Å². The molecule has 0 aliphatic carbocycles. The molecule has 0 amide bonds. The first-order valence-corrected chi connectivity index (χ1v) is 11.9. The van der Waals surface area contributed by atoms with Gasteiger partial charge in [0.1, 0.15) is 5.82 Å². The van der Waals surface area contributed by atoms with Crippen LogP contribution in [-0.4, -0.2) is 21.2 Å². The molecule has 0 saturated heterocycles. The molecule has 0 radical (unpaired) electrons. The molecule has 4 rings (SSSR count). The number of rotatable bonds is 8. The third-order valence-corrected chi connectivity index (χ3v) is 5.95. The molecule has 192 valence electrons. The van der Waals surface area contributed by atoms with Gasteiger partial charge in [-0.1, -0.05) is 45.5 Å². The molecule has 1 aromatic carbocycles. The summed E-state index contributed by atoms with van der Waals surface area (Å²) in [5, 5.41) is 6.08. The highest BCUT2D eigenvalue weighted by Gasteiger charge is 2.34. The lowest BCUT2D eigenvalue weighted by atomic mass is 9.97. The highest BCUT2D eigenvalue weighted by molar-refractivity contribution is 5.73. The summed E-state index contributed by atoms with van der Waals surface area (Å²) in [7, 11) is 0. The van der Waals surface area contributed by atoms with Crippen LogP contribution in [0.1, 0.15) is 43.2 Å². The van der Waals surface area contributed by atoms with Crippen LogP contribution in [0.15, 0.2) is 72.0 Å². The van der Waals surface area contributed by atoms with E-state index in [1.807, 2.05) is 37.4 Å². The van der Waals surface area contributed by atoms with E-state index in [2.05, 4.69) is 51.0 Å². The average Bonchev–Trinajstić information content (AvgIpc) is 3.18. The van der Waals surface area contributed by atoms with Crippen LogP contribution in [0.25, 0.3) is 11.1 Å². The summed E-state index contributed by atoms with van der Waals surface area (Å²) < 4.78 is 40.1. The Balaban J connectivity index is 1.42. The van der Waals surface area contributed by atoms with E-state index in [1.54, 1.807) is 19.3 Å². The van der Waals surface area contributed by atoms with Crippen LogP contribution in [0.3, 0.4) is 0 Å². The molecular weight excluding hydrogens is 477 g/mol. The molecule has 6 nitrogen and oxygen atoms in total. The van der Waals surface area contributed by atoms with Crippen LogP contribution in [-0.2, 0) is 19.0 Å². The predicted molar refractivity (Wildman–Crippen MR) is 141 cm³/mol. The highest BCUT2D eigenvalue weighted by atomic mass is 19.4. The lowest BCUT2D eigenvalue weighted by molar-refractivity contribution is -0.138. The number of allylic oxidation sites excluding steroid dienone is 2. The van der Waals surface area contributed by atoms with Gasteiger partial charge in [0.25, 0.3) is 0 Å². The van der Waals surface area contributed by atoms with E-state index in [-0.39, 0.29) is 23.2 Å². The smallest absolute Gasteiger partial charge is 0.358 e. The monoisotopic (exact) mass is 506 g/mol. The summed E-state index contributed by atoms with van der Waals surface area (Å²) in [6.45, 7) is 11.8. The number of nitrogens with zero attached hydrogens (tertiary/aromatic N) is 4. The summed E-state index contributed by atoms with van der Waals surface area (Å²) in [4.78, 5) is 17.1. The van der Waals surface area contributed by atoms with Crippen molar-refractivity contribution in [2.45, 2.75) is 46.7 Å². The molecule has 2 aromatic heterocycles. The molecule has 0 bridgehead atoms.